The Kier molecular flexibility index (Phi) is 6.51. The number of fused-ring (bicyclic) bond motifs is 1. The lowest BCUT2D eigenvalue weighted by molar-refractivity contribution is -0.0888. The van der Waals surface area contributed by atoms with E-state index in [9.17, 15) is 27.2 Å². The van der Waals surface area contributed by atoms with Crippen LogP contribution in [0.25, 0.3) is 16.6 Å². The molecule has 36 heavy (non-hydrogen) atoms. The summed E-state index contributed by atoms with van der Waals surface area (Å²) in [6.07, 6.45) is -0.539. The summed E-state index contributed by atoms with van der Waals surface area (Å²) < 4.78 is 60.0. The van der Waals surface area contributed by atoms with Crippen molar-refractivity contribution in [2.24, 2.45) is 0 Å². The van der Waals surface area contributed by atoms with Gasteiger partial charge in [0.2, 0.25) is 0 Å². The number of nitrogens with one attached hydrogen (secondary N) is 3. The normalized spacial score (nSPS) is 15.2. The zero-order chi connectivity index (χ0) is 26.0. The number of hydrogen-bond acceptors (Lipinski definition) is 7. The summed E-state index contributed by atoms with van der Waals surface area (Å²) in [5.41, 5.74) is 5.55. The summed E-state index contributed by atoms with van der Waals surface area (Å²) in [5, 5.41) is 11.1. The predicted molar refractivity (Wildman–Crippen MR) is 121 cm³/mol. The molecule has 1 aliphatic heterocycles. The lowest BCUT2D eigenvalue weighted by Crippen LogP contribution is -2.45. The fraction of sp³-hybridized carbons (Fsp3) is 0.182. The van der Waals surface area contributed by atoms with Gasteiger partial charge in [-0.3, -0.25) is 0 Å². The third-order valence-corrected chi connectivity index (χ3v) is 5.10. The Morgan fingerprint density at radius 2 is 2.08 bits per heavy atom. The van der Waals surface area contributed by atoms with Gasteiger partial charge >= 0.3 is 18.2 Å². The topological polar surface area (TPSA) is 136 Å². The summed E-state index contributed by atoms with van der Waals surface area (Å²) >= 11 is 0. The van der Waals surface area contributed by atoms with Crippen molar-refractivity contribution in [3.05, 3.63) is 66.0 Å². The zero-order valence-electron chi connectivity index (χ0n) is 18.6. The molecular weight excluding hydrogens is 486 g/mol. The minimum absolute atomic E-state index is 0.0397. The number of benzene rings is 1. The van der Waals surface area contributed by atoms with E-state index in [-0.39, 0.29) is 40.3 Å². The molecule has 1 aromatic carbocycles. The third kappa shape index (κ3) is 4.92. The van der Waals surface area contributed by atoms with Crippen LogP contribution in [0, 0.1) is 5.82 Å². The van der Waals surface area contributed by atoms with Gasteiger partial charge < -0.3 is 26.4 Å². The number of aromatic nitrogens is 3. The number of esters is 1. The van der Waals surface area contributed by atoms with Gasteiger partial charge in [0.25, 0.3) is 0 Å². The van der Waals surface area contributed by atoms with Gasteiger partial charge in [-0.1, -0.05) is 6.07 Å². The number of carbonyl (C=O) groups excluding carboxylic acids is 2. The first-order valence-electron chi connectivity index (χ1n) is 10.5. The van der Waals surface area contributed by atoms with Gasteiger partial charge in [0.05, 0.1) is 23.4 Å². The minimum Gasteiger partial charge on any atom is -0.462 e. The molecule has 3 aromatic rings. The lowest BCUT2D eigenvalue weighted by Gasteiger charge is -2.21. The fourth-order valence-electron chi connectivity index (χ4n) is 3.56. The van der Waals surface area contributed by atoms with E-state index in [4.69, 9.17) is 10.5 Å². The number of anilines is 2. The van der Waals surface area contributed by atoms with Crippen LogP contribution in [0.5, 0.6) is 0 Å². The van der Waals surface area contributed by atoms with E-state index in [0.717, 1.165) is 24.4 Å². The van der Waals surface area contributed by atoms with Crippen molar-refractivity contribution in [1.82, 2.24) is 25.2 Å². The molecule has 0 bridgehead atoms. The number of allylic oxidation sites excluding steroid dienone is 2. The lowest BCUT2D eigenvalue weighted by atomic mass is 10.0. The summed E-state index contributed by atoms with van der Waals surface area (Å²) in [5.74, 6) is -1.52. The van der Waals surface area contributed by atoms with Crippen LogP contribution in [0.2, 0.25) is 0 Å². The maximum atomic E-state index is 15.0. The van der Waals surface area contributed by atoms with Crippen molar-refractivity contribution in [1.29, 1.82) is 0 Å². The molecule has 1 atom stereocenters. The number of urea groups is 1. The molecule has 3 heterocycles. The van der Waals surface area contributed by atoms with Crippen LogP contribution in [-0.2, 0) is 4.74 Å². The second-order valence-electron chi connectivity index (χ2n) is 7.47. The highest BCUT2D eigenvalue weighted by Gasteiger charge is 2.33. The van der Waals surface area contributed by atoms with Gasteiger partial charge in [-0.2, -0.15) is 18.3 Å². The van der Waals surface area contributed by atoms with Gasteiger partial charge in [-0.25, -0.2) is 23.5 Å². The number of nitrogen functional groups attached to an aromatic ring is 1. The Morgan fingerprint density at radius 3 is 2.78 bits per heavy atom. The molecule has 0 spiro atoms. The van der Waals surface area contributed by atoms with Crippen LogP contribution in [0.15, 0.2) is 54.6 Å². The van der Waals surface area contributed by atoms with Crippen molar-refractivity contribution in [2.75, 3.05) is 17.7 Å². The van der Waals surface area contributed by atoms with E-state index in [2.05, 4.69) is 26.0 Å². The highest BCUT2D eigenvalue weighted by molar-refractivity contribution is 6.05. The molecule has 1 aliphatic rings. The molecule has 0 saturated heterocycles. The van der Waals surface area contributed by atoms with Crippen LogP contribution in [0.1, 0.15) is 17.3 Å². The van der Waals surface area contributed by atoms with Crippen molar-refractivity contribution >= 4 is 29.0 Å². The third-order valence-electron chi connectivity index (χ3n) is 5.10. The van der Waals surface area contributed by atoms with Gasteiger partial charge in [0.15, 0.2) is 5.82 Å². The molecule has 0 radical (unpaired) electrons. The molecule has 1 unspecified atom stereocenters. The van der Waals surface area contributed by atoms with Crippen LogP contribution < -0.4 is 21.7 Å². The average Bonchev–Trinajstić information content (AvgIpc) is 3.21. The number of rotatable bonds is 5. The van der Waals surface area contributed by atoms with Gasteiger partial charge in [-0.15, -0.1) is 0 Å². The molecule has 0 fully saturated rings. The average molecular weight is 505 g/mol. The number of carbonyl (C=O) groups is 2. The van der Waals surface area contributed by atoms with Crippen molar-refractivity contribution in [3.8, 4) is 11.1 Å². The van der Waals surface area contributed by atoms with Crippen molar-refractivity contribution in [3.63, 3.8) is 0 Å². The van der Waals surface area contributed by atoms with E-state index in [0.29, 0.717) is 0 Å². The largest absolute Gasteiger partial charge is 0.462 e. The number of nitrogens with two attached hydrogens (primary N) is 1. The van der Waals surface area contributed by atoms with E-state index in [1.54, 1.807) is 6.92 Å². The summed E-state index contributed by atoms with van der Waals surface area (Å²) in [6.45, 7) is 1.73. The Balaban J connectivity index is 1.59. The molecule has 0 saturated carbocycles. The maximum Gasteiger partial charge on any atom is 0.416 e. The monoisotopic (exact) mass is 505 g/mol. The number of nitrogens with zero attached hydrogens (tertiary/aromatic N) is 3. The fourth-order valence-corrected chi connectivity index (χ4v) is 3.56. The van der Waals surface area contributed by atoms with Crippen LogP contribution in [0.4, 0.5) is 33.9 Å². The Morgan fingerprint density at radius 1 is 1.31 bits per heavy atom. The smallest absolute Gasteiger partial charge is 0.416 e. The van der Waals surface area contributed by atoms with Crippen molar-refractivity contribution in [2.45, 2.75) is 19.3 Å². The number of halogens is 4. The molecule has 4 rings (SSSR count). The molecule has 0 aliphatic carbocycles. The molecule has 14 heteroatoms. The number of alkyl halides is 3. The second-order valence-corrected chi connectivity index (χ2v) is 7.47. The van der Waals surface area contributed by atoms with E-state index >= 15 is 0 Å². The minimum atomic E-state index is -4.59. The number of hydrogen-bond donors (Lipinski definition) is 4. The summed E-state index contributed by atoms with van der Waals surface area (Å²) in [7, 11) is 0. The molecule has 2 aromatic heterocycles. The van der Waals surface area contributed by atoms with E-state index < -0.39 is 35.7 Å². The first kappa shape index (κ1) is 24.5. The molecule has 10 nitrogen and oxygen atoms in total. The standard InChI is InChI=1S/C22H19F4N7O3/c1-2-36-20(34)13-9-33-18(19(27)29-10-30-33)17(13)11-3-4-15(14(23)7-11)31-21(35)32-16-8-12(5-6-28-16)22(24,25)26/h3-10,16,28H,2H2,1H3,(H2,27,29,30)(H2,31,32,35). The SMILES string of the molecule is CCOC(=O)c1cn2ncnc(N)c2c1-c1ccc(NC(=O)NC2C=C(C(F)(F)F)C=CN2)c(F)c1. The molecule has 5 N–H and O–H groups in total. The Labute approximate surface area is 200 Å². The van der Waals surface area contributed by atoms with Gasteiger partial charge in [-0.05, 0) is 43.0 Å². The van der Waals surface area contributed by atoms with Gasteiger partial charge in [0, 0.05) is 11.8 Å². The molecular formula is C22H19F4N7O3. The van der Waals surface area contributed by atoms with Crippen LogP contribution in [-0.4, -0.2) is 45.5 Å². The second kappa shape index (κ2) is 9.56. The predicted octanol–water partition coefficient (Wildman–Crippen LogP) is 3.35. The molecule has 188 valence electrons. The van der Waals surface area contributed by atoms with E-state index in [1.807, 2.05) is 0 Å². The number of dihydropyridines is 1. The number of amides is 2. The highest BCUT2D eigenvalue weighted by atomic mass is 19.4. The quantitative estimate of drug-likeness (QED) is 0.309. The first-order chi connectivity index (χ1) is 17.1. The Hall–Kier alpha value is -4.62. The summed E-state index contributed by atoms with van der Waals surface area (Å²) in [6, 6.07) is 2.76. The van der Waals surface area contributed by atoms with Crippen LogP contribution in [0.3, 0.4) is 0 Å². The van der Waals surface area contributed by atoms with E-state index in [1.165, 1.54) is 29.2 Å². The first-order valence-corrected chi connectivity index (χ1v) is 10.5. The maximum absolute atomic E-state index is 15.0. The summed E-state index contributed by atoms with van der Waals surface area (Å²) in [4.78, 5) is 28.7. The van der Waals surface area contributed by atoms with Crippen molar-refractivity contribution < 1.29 is 31.9 Å². The van der Waals surface area contributed by atoms with Gasteiger partial charge in [0.1, 0.15) is 23.8 Å². The Bertz CT molecular complexity index is 1400. The number of ether oxygens (including phenoxy) is 1. The highest BCUT2D eigenvalue weighted by Crippen LogP contribution is 2.34. The zero-order valence-corrected chi connectivity index (χ0v) is 18.6. The van der Waals surface area contributed by atoms with Crippen LogP contribution >= 0.6 is 0 Å². The molecule has 2 amide bonds.